The molecule has 0 aromatic heterocycles. The summed E-state index contributed by atoms with van der Waals surface area (Å²) >= 11 is 0. The van der Waals surface area contributed by atoms with Crippen LogP contribution in [-0.2, 0) is 14.6 Å². The molecule has 0 saturated heterocycles. The Hall–Kier alpha value is -0.660. The molecule has 2 N–H and O–H groups in total. The van der Waals surface area contributed by atoms with E-state index in [4.69, 9.17) is 0 Å². The van der Waals surface area contributed by atoms with E-state index in [1.54, 1.807) is 14.0 Å². The van der Waals surface area contributed by atoms with Crippen molar-refractivity contribution >= 4 is 15.8 Å². The van der Waals surface area contributed by atoms with E-state index in [0.717, 1.165) is 0 Å². The fourth-order valence-electron chi connectivity index (χ4n) is 1.73. The van der Waals surface area contributed by atoms with Crippen molar-refractivity contribution in [2.75, 3.05) is 32.1 Å². The van der Waals surface area contributed by atoms with Crippen LogP contribution in [0.25, 0.3) is 0 Å². The summed E-state index contributed by atoms with van der Waals surface area (Å²) in [5, 5.41) is 12.3. The number of nitrogens with zero attached hydrogens (tertiary/aromatic N) is 1. The van der Waals surface area contributed by atoms with Gasteiger partial charge in [-0.25, -0.2) is 8.42 Å². The second-order valence-corrected chi connectivity index (χ2v) is 7.88. The van der Waals surface area contributed by atoms with Crippen molar-refractivity contribution in [3.05, 3.63) is 0 Å². The molecule has 1 unspecified atom stereocenters. The zero-order chi connectivity index (χ0) is 15.3. The highest BCUT2D eigenvalue weighted by Crippen LogP contribution is 2.12. The number of carboxylic acids is 1. The Morgan fingerprint density at radius 3 is 2.26 bits per heavy atom. The van der Waals surface area contributed by atoms with Crippen LogP contribution in [0.4, 0.5) is 0 Å². The molecule has 1 atom stereocenters. The van der Waals surface area contributed by atoms with E-state index >= 15 is 0 Å². The molecular weight excluding hydrogens is 268 g/mol. The lowest BCUT2D eigenvalue weighted by atomic mass is 9.96. The number of carbonyl (C=O) groups is 1. The van der Waals surface area contributed by atoms with Crippen LogP contribution in [0.1, 0.15) is 27.2 Å². The van der Waals surface area contributed by atoms with Gasteiger partial charge in [0.25, 0.3) is 0 Å². The Morgan fingerprint density at radius 2 is 1.89 bits per heavy atom. The van der Waals surface area contributed by atoms with E-state index in [9.17, 15) is 18.3 Å². The van der Waals surface area contributed by atoms with Gasteiger partial charge >= 0.3 is 5.97 Å². The Labute approximate surface area is 116 Å². The largest absolute Gasteiger partial charge is 0.480 e. The smallest absolute Gasteiger partial charge is 0.323 e. The number of hydrogen-bond donors (Lipinski definition) is 2. The summed E-state index contributed by atoms with van der Waals surface area (Å²) in [6.07, 6.45) is 1.61. The predicted molar refractivity (Wildman–Crippen MR) is 76.1 cm³/mol. The van der Waals surface area contributed by atoms with Crippen LogP contribution < -0.4 is 5.32 Å². The molecule has 0 aromatic carbocycles. The monoisotopic (exact) mass is 294 g/mol. The van der Waals surface area contributed by atoms with Gasteiger partial charge in [-0.2, -0.15) is 0 Å². The molecule has 0 aliphatic carbocycles. The third-order valence-electron chi connectivity index (χ3n) is 2.92. The van der Waals surface area contributed by atoms with E-state index in [-0.39, 0.29) is 11.8 Å². The normalized spacial score (nSPS) is 15.7. The molecule has 0 saturated carbocycles. The maximum absolute atomic E-state index is 11.3. The van der Waals surface area contributed by atoms with Gasteiger partial charge in [0.2, 0.25) is 0 Å². The van der Waals surface area contributed by atoms with Gasteiger partial charge in [-0.15, -0.1) is 0 Å². The van der Waals surface area contributed by atoms with Crippen LogP contribution in [0, 0.1) is 0 Å². The van der Waals surface area contributed by atoms with Gasteiger partial charge in [-0.3, -0.25) is 10.1 Å². The number of sulfone groups is 1. The Bertz CT molecular complexity index is 395. The summed E-state index contributed by atoms with van der Waals surface area (Å²) in [5.74, 6) is -0.803. The van der Waals surface area contributed by atoms with Gasteiger partial charge in [0, 0.05) is 25.4 Å². The molecule has 0 radical (unpaired) electrons. The summed E-state index contributed by atoms with van der Waals surface area (Å²) < 4.78 is 22.1. The maximum atomic E-state index is 11.3. The number of hydrogen-bond acceptors (Lipinski definition) is 5. The van der Waals surface area contributed by atoms with E-state index in [1.165, 1.54) is 6.26 Å². The lowest BCUT2D eigenvalue weighted by molar-refractivity contribution is -0.144. The zero-order valence-electron chi connectivity index (χ0n) is 12.4. The van der Waals surface area contributed by atoms with Crippen LogP contribution in [-0.4, -0.2) is 68.1 Å². The molecule has 0 rings (SSSR count). The Balaban J connectivity index is 4.37. The van der Waals surface area contributed by atoms with Gasteiger partial charge < -0.3 is 10.0 Å². The van der Waals surface area contributed by atoms with Crippen LogP contribution >= 0.6 is 0 Å². The van der Waals surface area contributed by atoms with Gasteiger partial charge in [-0.1, -0.05) is 0 Å². The summed E-state index contributed by atoms with van der Waals surface area (Å²) in [6, 6.07) is 0.0717. The molecule has 0 aliphatic rings. The topological polar surface area (TPSA) is 86.7 Å². The van der Waals surface area contributed by atoms with Crippen molar-refractivity contribution in [1.29, 1.82) is 0 Å². The van der Waals surface area contributed by atoms with Crippen LogP contribution in [0.15, 0.2) is 0 Å². The van der Waals surface area contributed by atoms with Crippen molar-refractivity contribution in [3.63, 3.8) is 0 Å². The molecule has 0 aliphatic heterocycles. The van der Waals surface area contributed by atoms with Crippen LogP contribution in [0.3, 0.4) is 0 Å². The minimum Gasteiger partial charge on any atom is -0.480 e. The Kier molecular flexibility index (Phi) is 6.96. The lowest BCUT2D eigenvalue weighted by Gasteiger charge is -2.30. The first-order chi connectivity index (χ1) is 8.46. The summed E-state index contributed by atoms with van der Waals surface area (Å²) in [6.45, 7) is 6.39. The molecule has 0 bridgehead atoms. The molecule has 0 aromatic rings. The standard InChI is InChI=1S/C12H26N2O4S/c1-10(2)13-12(3,11(15)16)6-7-14(4)8-9-19(5,17)18/h10,13H,6-9H2,1-5H3,(H,15,16). The third-order valence-corrected chi connectivity index (χ3v) is 3.84. The second-order valence-electron chi connectivity index (χ2n) is 5.62. The van der Waals surface area contributed by atoms with Crippen molar-refractivity contribution in [1.82, 2.24) is 10.2 Å². The molecule has 6 nitrogen and oxygen atoms in total. The number of rotatable bonds is 9. The summed E-state index contributed by atoms with van der Waals surface area (Å²) in [4.78, 5) is 13.1. The van der Waals surface area contributed by atoms with Gasteiger partial charge in [0.15, 0.2) is 0 Å². The molecular formula is C12H26N2O4S. The van der Waals surface area contributed by atoms with Crippen molar-refractivity contribution in [2.45, 2.75) is 38.8 Å². The van der Waals surface area contributed by atoms with Gasteiger partial charge in [0.1, 0.15) is 15.4 Å². The van der Waals surface area contributed by atoms with Crippen LogP contribution in [0.5, 0.6) is 0 Å². The van der Waals surface area contributed by atoms with Crippen LogP contribution in [0.2, 0.25) is 0 Å². The molecule has 19 heavy (non-hydrogen) atoms. The number of nitrogens with one attached hydrogen (secondary N) is 1. The minimum absolute atomic E-state index is 0.0717. The molecule has 0 fully saturated rings. The fourth-order valence-corrected chi connectivity index (χ4v) is 2.37. The summed E-state index contributed by atoms with van der Waals surface area (Å²) in [7, 11) is -1.19. The minimum atomic E-state index is -2.98. The molecule has 0 spiro atoms. The zero-order valence-corrected chi connectivity index (χ0v) is 13.2. The Morgan fingerprint density at radius 1 is 1.37 bits per heavy atom. The number of aliphatic carboxylic acids is 1. The average Bonchev–Trinajstić information content (AvgIpc) is 2.21. The van der Waals surface area contributed by atoms with E-state index in [1.807, 2.05) is 18.7 Å². The summed E-state index contributed by atoms with van der Waals surface area (Å²) in [5.41, 5.74) is -0.993. The van der Waals surface area contributed by atoms with E-state index in [0.29, 0.717) is 19.5 Å². The first kappa shape index (κ1) is 18.3. The molecule has 114 valence electrons. The van der Waals surface area contributed by atoms with Gasteiger partial charge in [-0.05, 0) is 34.2 Å². The van der Waals surface area contributed by atoms with Crippen molar-refractivity contribution in [2.24, 2.45) is 0 Å². The van der Waals surface area contributed by atoms with Crippen molar-refractivity contribution in [3.8, 4) is 0 Å². The SMILES string of the molecule is CC(C)NC(C)(CCN(C)CCS(C)(=O)=O)C(=O)O. The van der Waals surface area contributed by atoms with Gasteiger partial charge in [0.05, 0.1) is 5.75 Å². The number of carboxylic acid groups (broad SMARTS) is 1. The van der Waals surface area contributed by atoms with E-state index in [2.05, 4.69) is 5.32 Å². The highest BCUT2D eigenvalue weighted by atomic mass is 32.2. The quantitative estimate of drug-likeness (QED) is 0.631. The second kappa shape index (κ2) is 7.21. The highest BCUT2D eigenvalue weighted by Gasteiger charge is 2.33. The van der Waals surface area contributed by atoms with E-state index < -0.39 is 21.3 Å². The fraction of sp³-hybridized carbons (Fsp3) is 0.917. The van der Waals surface area contributed by atoms with Crippen molar-refractivity contribution < 1.29 is 18.3 Å². The highest BCUT2D eigenvalue weighted by molar-refractivity contribution is 7.90. The third kappa shape index (κ3) is 8.18. The molecule has 0 heterocycles. The lowest BCUT2D eigenvalue weighted by Crippen LogP contribution is -2.53. The molecule has 7 heteroatoms. The average molecular weight is 294 g/mol. The first-order valence-electron chi connectivity index (χ1n) is 6.33. The predicted octanol–water partition coefficient (Wildman–Crippen LogP) is 0.194. The molecule has 0 amide bonds. The first-order valence-corrected chi connectivity index (χ1v) is 8.40. The maximum Gasteiger partial charge on any atom is 0.323 e.